The molecular weight excluding hydrogens is 619 g/mol. The molecule has 0 unspecified atom stereocenters. The average molecular weight is 638 g/mol. The lowest BCUT2D eigenvalue weighted by atomic mass is 10.1. The fourth-order valence-electron chi connectivity index (χ4n) is 5.64. The molecule has 0 saturated heterocycles. The van der Waals surface area contributed by atoms with Crippen LogP contribution < -0.4 is 0 Å². The second-order valence-corrected chi connectivity index (χ2v) is 12.5. The minimum Gasteiger partial charge on any atom is -0.278 e. The normalized spacial score (nSPS) is 12.4. The third kappa shape index (κ3) is 3.18. The topological polar surface area (TPSA) is 61.3 Å². The first-order valence-corrected chi connectivity index (χ1v) is 15.0. The Bertz CT molecular complexity index is 2360. The summed E-state index contributed by atoms with van der Waals surface area (Å²) in [5, 5.41) is 1.74. The predicted molar refractivity (Wildman–Crippen MR) is 164 cm³/mol. The van der Waals surface area contributed by atoms with Gasteiger partial charge in [-0.1, -0.05) is 42.5 Å². The van der Waals surface area contributed by atoms with E-state index in [2.05, 4.69) is 55.8 Å². The molecule has 0 amide bonds. The quantitative estimate of drug-likeness (QED) is 0.190. The van der Waals surface area contributed by atoms with Crippen LogP contribution in [0.2, 0.25) is 0 Å². The second-order valence-electron chi connectivity index (χ2n) is 9.50. The van der Waals surface area contributed by atoms with Crippen LogP contribution in [0.1, 0.15) is 0 Å². The molecular formula is C31H19IN4O2S. The number of hydrogen-bond donors (Lipinski definition) is 0. The maximum atomic E-state index is 13.9. The van der Waals surface area contributed by atoms with Crippen molar-refractivity contribution in [3.05, 3.63) is 119 Å². The molecule has 0 atom stereocenters. The summed E-state index contributed by atoms with van der Waals surface area (Å²) in [6.45, 7) is 0. The van der Waals surface area contributed by atoms with Crippen LogP contribution in [0.25, 0.3) is 55.3 Å². The minimum absolute atomic E-state index is 0.261. The molecule has 0 radical (unpaired) electrons. The molecule has 0 aliphatic rings. The highest BCUT2D eigenvalue weighted by Crippen LogP contribution is 2.36. The van der Waals surface area contributed by atoms with Crippen LogP contribution in [0.4, 0.5) is 0 Å². The number of benzene rings is 5. The van der Waals surface area contributed by atoms with E-state index in [0.29, 0.717) is 11.0 Å². The maximum absolute atomic E-state index is 13.9. The molecule has 0 aliphatic heterocycles. The number of imidazole rings is 2. The third-order valence-corrected chi connectivity index (χ3v) is 9.79. The van der Waals surface area contributed by atoms with Crippen molar-refractivity contribution in [1.82, 2.24) is 17.9 Å². The van der Waals surface area contributed by atoms with Gasteiger partial charge in [-0.15, -0.1) is 0 Å². The van der Waals surface area contributed by atoms with Gasteiger partial charge in [-0.05, 0) is 95.4 Å². The molecule has 8 heteroatoms. The molecule has 8 rings (SSSR count). The zero-order chi connectivity index (χ0) is 26.3. The van der Waals surface area contributed by atoms with Gasteiger partial charge in [-0.25, -0.2) is 17.4 Å². The highest BCUT2D eigenvalue weighted by atomic mass is 127. The summed E-state index contributed by atoms with van der Waals surface area (Å²) in [5.74, 6) is 0.812. The predicted octanol–water partition coefficient (Wildman–Crippen LogP) is 7.38. The second kappa shape index (κ2) is 8.17. The number of hydrogen-bond acceptors (Lipinski definition) is 3. The van der Waals surface area contributed by atoms with Crippen molar-refractivity contribution in [2.45, 2.75) is 4.90 Å². The summed E-state index contributed by atoms with van der Waals surface area (Å²) in [4.78, 5) is 5.25. The summed E-state index contributed by atoms with van der Waals surface area (Å²) in [7, 11) is -3.83. The first-order valence-electron chi connectivity index (χ1n) is 12.4. The molecule has 0 bridgehead atoms. The molecule has 39 heavy (non-hydrogen) atoms. The van der Waals surface area contributed by atoms with Crippen LogP contribution >= 0.6 is 22.6 Å². The third-order valence-electron chi connectivity index (χ3n) is 7.33. The molecule has 0 spiro atoms. The van der Waals surface area contributed by atoms with Crippen LogP contribution in [0.5, 0.6) is 0 Å². The SMILES string of the molecule is O=S(=O)(c1ccc(I)cc1)n1c2ccccc2c2cc(-n3c4ccccc4n4c5ccccc5nc34)ccc21. The van der Waals surface area contributed by atoms with E-state index in [1.54, 1.807) is 12.1 Å². The Morgan fingerprint density at radius 1 is 0.615 bits per heavy atom. The fraction of sp³-hybridized carbons (Fsp3) is 0. The molecule has 0 fully saturated rings. The molecule has 0 saturated carbocycles. The number of para-hydroxylation sites is 5. The summed E-state index contributed by atoms with van der Waals surface area (Å²) in [6.07, 6.45) is 0. The van der Waals surface area contributed by atoms with Crippen molar-refractivity contribution < 1.29 is 8.42 Å². The van der Waals surface area contributed by atoms with Crippen LogP contribution in [0.3, 0.4) is 0 Å². The lowest BCUT2D eigenvalue weighted by Crippen LogP contribution is -2.12. The lowest BCUT2D eigenvalue weighted by molar-refractivity contribution is 0.590. The Labute approximate surface area is 236 Å². The molecule has 0 N–H and O–H groups in total. The van der Waals surface area contributed by atoms with Gasteiger partial charge in [-0.2, -0.15) is 0 Å². The fourth-order valence-corrected chi connectivity index (χ4v) is 7.53. The molecule has 5 aromatic carbocycles. The van der Waals surface area contributed by atoms with Gasteiger partial charge in [0.1, 0.15) is 0 Å². The number of nitrogens with zero attached hydrogens (tertiary/aromatic N) is 4. The Kier molecular flexibility index (Phi) is 4.78. The van der Waals surface area contributed by atoms with Crippen molar-refractivity contribution in [2.24, 2.45) is 0 Å². The van der Waals surface area contributed by atoms with Gasteiger partial charge in [-0.3, -0.25) is 8.97 Å². The van der Waals surface area contributed by atoms with E-state index < -0.39 is 10.0 Å². The van der Waals surface area contributed by atoms with Gasteiger partial charge in [0.15, 0.2) is 0 Å². The van der Waals surface area contributed by atoms with E-state index in [0.717, 1.165) is 47.9 Å². The minimum atomic E-state index is -3.83. The zero-order valence-corrected chi connectivity index (χ0v) is 23.3. The molecule has 0 aliphatic carbocycles. The van der Waals surface area contributed by atoms with Crippen molar-refractivity contribution >= 4 is 82.3 Å². The van der Waals surface area contributed by atoms with Gasteiger partial charge in [0.2, 0.25) is 5.78 Å². The van der Waals surface area contributed by atoms with Crippen LogP contribution in [0.15, 0.2) is 120 Å². The first-order chi connectivity index (χ1) is 19.0. The van der Waals surface area contributed by atoms with Gasteiger partial charge in [0.05, 0.1) is 38.0 Å². The zero-order valence-electron chi connectivity index (χ0n) is 20.4. The van der Waals surface area contributed by atoms with Crippen molar-refractivity contribution in [2.75, 3.05) is 0 Å². The Morgan fingerprint density at radius 3 is 2.05 bits per heavy atom. The van der Waals surface area contributed by atoms with Crippen molar-refractivity contribution in [3.8, 4) is 5.69 Å². The van der Waals surface area contributed by atoms with E-state index in [-0.39, 0.29) is 4.90 Å². The van der Waals surface area contributed by atoms with E-state index in [1.165, 1.54) is 3.97 Å². The summed E-state index contributed by atoms with van der Waals surface area (Å²) >= 11 is 2.18. The lowest BCUT2D eigenvalue weighted by Gasteiger charge is -2.10. The Morgan fingerprint density at radius 2 is 1.26 bits per heavy atom. The molecule has 3 heterocycles. The van der Waals surface area contributed by atoms with Crippen LogP contribution in [-0.4, -0.2) is 26.3 Å². The highest BCUT2D eigenvalue weighted by Gasteiger charge is 2.24. The standard InChI is InChI=1S/C31H19IN4O2S/c32-20-13-16-22(17-14-20)39(37,38)36-26-9-3-1-7-23(26)24-19-21(15-18-27(24)36)34-29-11-5-6-12-30(29)35-28-10-4-2-8-25(28)33-31(34)35/h1-19H. The monoisotopic (exact) mass is 638 g/mol. The van der Waals surface area contributed by atoms with E-state index in [9.17, 15) is 8.42 Å². The molecule has 8 aromatic rings. The van der Waals surface area contributed by atoms with Gasteiger partial charge >= 0.3 is 0 Å². The first kappa shape index (κ1) is 22.8. The molecule has 188 valence electrons. The van der Waals surface area contributed by atoms with E-state index >= 15 is 0 Å². The summed E-state index contributed by atoms with van der Waals surface area (Å²) in [5.41, 5.74) is 6.26. The van der Waals surface area contributed by atoms with Gasteiger partial charge in [0, 0.05) is 20.0 Å². The van der Waals surface area contributed by atoms with E-state index in [1.807, 2.05) is 78.9 Å². The van der Waals surface area contributed by atoms with Crippen molar-refractivity contribution in [3.63, 3.8) is 0 Å². The van der Waals surface area contributed by atoms with Crippen LogP contribution in [-0.2, 0) is 10.0 Å². The number of aromatic nitrogens is 4. The maximum Gasteiger partial charge on any atom is 0.268 e. The molecule has 3 aromatic heterocycles. The molecule has 6 nitrogen and oxygen atoms in total. The van der Waals surface area contributed by atoms with Crippen LogP contribution in [0, 0.1) is 3.57 Å². The summed E-state index contributed by atoms with van der Waals surface area (Å²) in [6, 6.07) is 37.0. The summed E-state index contributed by atoms with van der Waals surface area (Å²) < 4.78 is 34.7. The van der Waals surface area contributed by atoms with Gasteiger partial charge in [0.25, 0.3) is 10.0 Å². The van der Waals surface area contributed by atoms with E-state index in [4.69, 9.17) is 4.98 Å². The number of fused-ring (bicyclic) bond motifs is 8. The largest absolute Gasteiger partial charge is 0.278 e. The number of halogens is 1. The Balaban J connectivity index is 1.45. The average Bonchev–Trinajstić information content (AvgIpc) is 3.60. The smallest absolute Gasteiger partial charge is 0.268 e. The van der Waals surface area contributed by atoms with Crippen molar-refractivity contribution in [1.29, 1.82) is 0 Å². The highest BCUT2D eigenvalue weighted by molar-refractivity contribution is 14.1. The van der Waals surface area contributed by atoms with Gasteiger partial charge < -0.3 is 0 Å². The number of rotatable bonds is 3. The Hall–Kier alpha value is -4.15.